The summed E-state index contributed by atoms with van der Waals surface area (Å²) in [5, 5.41) is 20.2. The largest absolute Gasteiger partial charge is 0.391 e. The number of hydrogen-bond donors (Lipinski definition) is 2. The fourth-order valence-corrected chi connectivity index (χ4v) is 0.996. The minimum absolute atomic E-state index is 0.0295. The van der Waals surface area contributed by atoms with Gasteiger partial charge in [-0.25, -0.2) is 4.68 Å². The van der Waals surface area contributed by atoms with Crippen molar-refractivity contribution in [3.63, 3.8) is 0 Å². The SMILES string of the molecule is CNCc1cn(C(C)C(C)O)nn1. The Morgan fingerprint density at radius 1 is 1.62 bits per heavy atom. The Hall–Kier alpha value is -0.940. The summed E-state index contributed by atoms with van der Waals surface area (Å²) < 4.78 is 1.68. The van der Waals surface area contributed by atoms with Gasteiger partial charge in [0.15, 0.2) is 0 Å². The van der Waals surface area contributed by atoms with Gasteiger partial charge in [-0.1, -0.05) is 5.21 Å². The molecule has 0 saturated carbocycles. The predicted molar refractivity (Wildman–Crippen MR) is 49.2 cm³/mol. The third-order valence-corrected chi connectivity index (χ3v) is 2.03. The molecular weight excluding hydrogens is 168 g/mol. The van der Waals surface area contributed by atoms with Crippen LogP contribution in [0.5, 0.6) is 0 Å². The maximum absolute atomic E-state index is 9.31. The van der Waals surface area contributed by atoms with Crippen molar-refractivity contribution >= 4 is 0 Å². The monoisotopic (exact) mass is 184 g/mol. The molecule has 0 bridgehead atoms. The number of aliphatic hydroxyl groups is 1. The van der Waals surface area contributed by atoms with Gasteiger partial charge < -0.3 is 10.4 Å². The summed E-state index contributed by atoms with van der Waals surface area (Å²) in [4.78, 5) is 0. The first-order chi connectivity index (χ1) is 6.15. The fraction of sp³-hybridized carbons (Fsp3) is 0.750. The summed E-state index contributed by atoms with van der Waals surface area (Å²) >= 11 is 0. The Balaban J connectivity index is 2.67. The molecule has 0 saturated heterocycles. The van der Waals surface area contributed by atoms with Crippen LogP contribution in [0.2, 0.25) is 0 Å². The van der Waals surface area contributed by atoms with Gasteiger partial charge in [-0.05, 0) is 20.9 Å². The molecule has 0 aliphatic rings. The highest BCUT2D eigenvalue weighted by atomic mass is 16.3. The van der Waals surface area contributed by atoms with Crippen LogP contribution in [0, 0.1) is 0 Å². The van der Waals surface area contributed by atoms with Gasteiger partial charge in [-0.3, -0.25) is 0 Å². The Bertz CT molecular complexity index is 258. The molecule has 1 aromatic heterocycles. The summed E-state index contributed by atoms with van der Waals surface area (Å²) in [6.45, 7) is 4.35. The average Bonchev–Trinajstić information content (AvgIpc) is 2.52. The van der Waals surface area contributed by atoms with Crippen molar-refractivity contribution in [2.75, 3.05) is 7.05 Å². The van der Waals surface area contributed by atoms with Crippen molar-refractivity contribution in [1.29, 1.82) is 0 Å². The lowest BCUT2D eigenvalue weighted by Crippen LogP contribution is -2.18. The summed E-state index contributed by atoms with van der Waals surface area (Å²) in [7, 11) is 1.86. The molecule has 0 spiro atoms. The fourth-order valence-electron chi connectivity index (χ4n) is 0.996. The van der Waals surface area contributed by atoms with Crippen LogP contribution >= 0.6 is 0 Å². The second-order valence-electron chi connectivity index (χ2n) is 3.20. The molecule has 2 atom stereocenters. The zero-order valence-electron chi connectivity index (χ0n) is 8.23. The van der Waals surface area contributed by atoms with Crippen LogP contribution in [-0.2, 0) is 6.54 Å². The normalized spacial score (nSPS) is 15.7. The van der Waals surface area contributed by atoms with Gasteiger partial charge >= 0.3 is 0 Å². The van der Waals surface area contributed by atoms with Gasteiger partial charge in [-0.15, -0.1) is 5.10 Å². The molecule has 0 aliphatic heterocycles. The molecule has 0 aromatic carbocycles. The topological polar surface area (TPSA) is 63.0 Å². The molecule has 1 heterocycles. The molecule has 2 N–H and O–H groups in total. The van der Waals surface area contributed by atoms with Gasteiger partial charge in [0.25, 0.3) is 0 Å². The molecule has 0 aliphatic carbocycles. The molecule has 0 amide bonds. The van der Waals surface area contributed by atoms with Crippen molar-refractivity contribution in [2.45, 2.75) is 32.5 Å². The van der Waals surface area contributed by atoms with Crippen LogP contribution in [0.1, 0.15) is 25.6 Å². The van der Waals surface area contributed by atoms with E-state index < -0.39 is 6.10 Å². The van der Waals surface area contributed by atoms with Crippen LogP contribution in [0.3, 0.4) is 0 Å². The molecule has 1 aromatic rings. The number of aliphatic hydroxyl groups excluding tert-OH is 1. The van der Waals surface area contributed by atoms with Crippen LogP contribution in [0.4, 0.5) is 0 Å². The predicted octanol–water partition coefficient (Wildman–Crippen LogP) is -0.0607. The number of hydrogen-bond acceptors (Lipinski definition) is 4. The minimum Gasteiger partial charge on any atom is -0.391 e. The van der Waals surface area contributed by atoms with E-state index in [9.17, 15) is 5.11 Å². The molecule has 0 radical (unpaired) electrons. The third-order valence-electron chi connectivity index (χ3n) is 2.03. The Kier molecular flexibility index (Phi) is 3.39. The lowest BCUT2D eigenvalue weighted by molar-refractivity contribution is 0.131. The van der Waals surface area contributed by atoms with Crippen molar-refractivity contribution in [3.8, 4) is 0 Å². The van der Waals surface area contributed by atoms with Crippen LogP contribution in [0.25, 0.3) is 0 Å². The standard InChI is InChI=1S/C8H16N4O/c1-6(7(2)13)12-5-8(4-9-3)10-11-12/h5-7,9,13H,4H2,1-3H3. The number of nitrogens with zero attached hydrogens (tertiary/aromatic N) is 3. The molecule has 0 fully saturated rings. The van der Waals surface area contributed by atoms with Crippen molar-refractivity contribution < 1.29 is 5.11 Å². The number of rotatable bonds is 4. The van der Waals surface area contributed by atoms with E-state index >= 15 is 0 Å². The zero-order valence-corrected chi connectivity index (χ0v) is 8.23. The molecular formula is C8H16N4O. The van der Waals surface area contributed by atoms with E-state index in [1.54, 1.807) is 11.6 Å². The Morgan fingerprint density at radius 3 is 2.85 bits per heavy atom. The van der Waals surface area contributed by atoms with Gasteiger partial charge in [0.05, 0.1) is 24.0 Å². The Morgan fingerprint density at radius 2 is 2.31 bits per heavy atom. The highest BCUT2D eigenvalue weighted by Gasteiger charge is 2.12. The van der Waals surface area contributed by atoms with Crippen molar-refractivity contribution in [2.24, 2.45) is 0 Å². The van der Waals surface area contributed by atoms with E-state index in [0.29, 0.717) is 6.54 Å². The lowest BCUT2D eigenvalue weighted by atomic mass is 10.2. The summed E-state index contributed by atoms with van der Waals surface area (Å²) in [5.74, 6) is 0. The first kappa shape index (κ1) is 10.1. The molecule has 2 unspecified atom stereocenters. The first-order valence-corrected chi connectivity index (χ1v) is 4.38. The second-order valence-corrected chi connectivity index (χ2v) is 3.20. The second kappa shape index (κ2) is 4.34. The summed E-state index contributed by atoms with van der Waals surface area (Å²) in [6.07, 6.45) is 1.43. The van der Waals surface area contributed by atoms with E-state index in [4.69, 9.17) is 0 Å². The molecule has 13 heavy (non-hydrogen) atoms. The number of aromatic nitrogens is 3. The minimum atomic E-state index is -0.413. The van der Waals surface area contributed by atoms with Crippen LogP contribution in [0.15, 0.2) is 6.20 Å². The van der Waals surface area contributed by atoms with Gasteiger partial charge in [0, 0.05) is 6.54 Å². The maximum atomic E-state index is 9.31. The van der Waals surface area contributed by atoms with Gasteiger partial charge in [-0.2, -0.15) is 0 Å². The average molecular weight is 184 g/mol. The van der Waals surface area contributed by atoms with Crippen LogP contribution < -0.4 is 5.32 Å². The van der Waals surface area contributed by atoms with E-state index in [1.165, 1.54) is 0 Å². The van der Waals surface area contributed by atoms with E-state index in [1.807, 2.05) is 20.2 Å². The van der Waals surface area contributed by atoms with Crippen molar-refractivity contribution in [3.05, 3.63) is 11.9 Å². The smallest absolute Gasteiger partial charge is 0.0964 e. The van der Waals surface area contributed by atoms with Crippen LogP contribution in [-0.4, -0.2) is 33.3 Å². The first-order valence-electron chi connectivity index (χ1n) is 4.38. The maximum Gasteiger partial charge on any atom is 0.0964 e. The number of nitrogens with one attached hydrogen (secondary N) is 1. The van der Waals surface area contributed by atoms with E-state index in [0.717, 1.165) is 5.69 Å². The van der Waals surface area contributed by atoms with Gasteiger partial charge in [0.2, 0.25) is 0 Å². The van der Waals surface area contributed by atoms with Gasteiger partial charge in [0.1, 0.15) is 0 Å². The third kappa shape index (κ3) is 2.50. The lowest BCUT2D eigenvalue weighted by Gasteiger charge is -2.13. The highest BCUT2D eigenvalue weighted by Crippen LogP contribution is 2.08. The molecule has 74 valence electrons. The highest BCUT2D eigenvalue weighted by molar-refractivity contribution is 4.92. The Labute approximate surface area is 77.8 Å². The quantitative estimate of drug-likeness (QED) is 0.688. The summed E-state index contributed by atoms with van der Waals surface area (Å²) in [6, 6.07) is -0.0295. The molecule has 1 rings (SSSR count). The van der Waals surface area contributed by atoms with Crippen molar-refractivity contribution in [1.82, 2.24) is 20.3 Å². The summed E-state index contributed by atoms with van der Waals surface area (Å²) in [5.41, 5.74) is 0.884. The van der Waals surface area contributed by atoms with E-state index in [2.05, 4.69) is 15.6 Å². The zero-order chi connectivity index (χ0) is 9.84. The molecule has 5 nitrogen and oxygen atoms in total. The van der Waals surface area contributed by atoms with E-state index in [-0.39, 0.29) is 6.04 Å². The molecule has 5 heteroatoms.